The Labute approximate surface area is 250 Å². The topological polar surface area (TPSA) is 75.1 Å². The summed E-state index contributed by atoms with van der Waals surface area (Å²) in [4.78, 5) is 18.3. The van der Waals surface area contributed by atoms with Crippen molar-refractivity contribution in [2.45, 2.75) is 89.4 Å². The number of hydrogen-bond donors (Lipinski definition) is 0. The maximum Gasteiger partial charge on any atom is 0.270 e. The lowest BCUT2D eigenvalue weighted by molar-refractivity contribution is 0.0308. The fourth-order valence-electron chi connectivity index (χ4n) is 7.51. The number of fused-ring (bicyclic) bond motifs is 3. The molecule has 2 aromatic carbocycles. The molecule has 42 heavy (non-hydrogen) atoms. The largest absolute Gasteiger partial charge is 0.490 e. The summed E-state index contributed by atoms with van der Waals surface area (Å²) in [5.74, 6) is 0.786. The molecule has 1 amide bonds. The predicted octanol–water partition coefficient (Wildman–Crippen LogP) is 5.29. The van der Waals surface area contributed by atoms with E-state index in [9.17, 15) is 13.2 Å². The number of sulfonamides is 1. The lowest BCUT2D eigenvalue weighted by Crippen LogP contribution is -2.51. The predicted molar refractivity (Wildman–Crippen MR) is 166 cm³/mol. The molecule has 3 saturated heterocycles. The number of hydrogen-bond acceptors (Lipinski definition) is 5. The van der Waals surface area contributed by atoms with Gasteiger partial charge in [0.1, 0.15) is 17.5 Å². The number of carbonyl (C=O) groups is 1. The molecule has 4 heterocycles. The van der Waals surface area contributed by atoms with Gasteiger partial charge in [0.05, 0.1) is 5.75 Å². The van der Waals surface area contributed by atoms with E-state index in [-0.39, 0.29) is 23.8 Å². The lowest BCUT2D eigenvalue weighted by atomic mass is 9.98. The Morgan fingerprint density at radius 1 is 0.881 bits per heavy atom. The molecule has 8 nitrogen and oxygen atoms in total. The Balaban J connectivity index is 1.15. The molecule has 3 aromatic rings. The summed E-state index contributed by atoms with van der Waals surface area (Å²) in [6, 6.07) is 19.3. The molecular weight excluding hydrogens is 548 g/mol. The van der Waals surface area contributed by atoms with Crippen LogP contribution < -0.4 is 4.74 Å². The Morgan fingerprint density at radius 2 is 1.55 bits per heavy atom. The molecule has 6 rings (SSSR count). The van der Waals surface area contributed by atoms with Crippen LogP contribution in [0.1, 0.15) is 75.5 Å². The number of aromatic nitrogens is 1. The summed E-state index contributed by atoms with van der Waals surface area (Å²) in [6.45, 7) is 10.1. The summed E-state index contributed by atoms with van der Waals surface area (Å²) >= 11 is 0. The molecule has 1 aromatic heterocycles. The maximum absolute atomic E-state index is 13.8. The Bertz CT molecular complexity index is 1510. The molecule has 0 radical (unpaired) electrons. The van der Waals surface area contributed by atoms with E-state index in [4.69, 9.17) is 4.74 Å². The Kier molecular flexibility index (Phi) is 8.11. The second-order valence-electron chi connectivity index (χ2n) is 12.8. The first-order valence-electron chi connectivity index (χ1n) is 15.5. The standard InChI is InChI=1S/C33H44N4O4S/c1-23(2)36-27-10-11-28(36)21-30(20-27)41-29-12-13-31-26(18-29)19-32(37(31)24(3)4)33(38)34-14-16-35(17-15-34)42(39,40)22-25-8-6-5-7-9-25/h5-9,12-13,18-19,23-24,27-28,30H,10-11,14-17,20-22H2,1-4H3. The van der Waals surface area contributed by atoms with E-state index in [2.05, 4.69) is 49.3 Å². The SMILES string of the molecule is CC(C)N1C2CCC1CC(Oc1ccc3c(c1)cc(C(=O)N1CCN(S(=O)(=O)Cc4ccccc4)CC1)n3C(C)C)C2. The van der Waals surface area contributed by atoms with Crippen molar-refractivity contribution in [2.24, 2.45) is 0 Å². The summed E-state index contributed by atoms with van der Waals surface area (Å²) in [5, 5.41) is 0.996. The smallest absolute Gasteiger partial charge is 0.270 e. The van der Waals surface area contributed by atoms with Crippen LogP contribution >= 0.6 is 0 Å². The van der Waals surface area contributed by atoms with E-state index >= 15 is 0 Å². The second-order valence-corrected chi connectivity index (χ2v) is 14.8. The van der Waals surface area contributed by atoms with Crippen molar-refractivity contribution in [3.05, 3.63) is 65.9 Å². The van der Waals surface area contributed by atoms with E-state index in [1.165, 1.54) is 17.1 Å². The van der Waals surface area contributed by atoms with Crippen LogP contribution in [0, 0.1) is 0 Å². The molecule has 0 spiro atoms. The normalized spacial score (nSPS) is 23.8. The highest BCUT2D eigenvalue weighted by Gasteiger charge is 2.42. The third kappa shape index (κ3) is 5.71. The molecule has 3 fully saturated rings. The highest BCUT2D eigenvalue weighted by atomic mass is 32.2. The third-order valence-corrected chi connectivity index (χ3v) is 11.2. The van der Waals surface area contributed by atoms with Crippen molar-refractivity contribution in [3.8, 4) is 5.75 Å². The molecule has 3 aliphatic rings. The average Bonchev–Trinajstić information content (AvgIpc) is 3.48. The van der Waals surface area contributed by atoms with Gasteiger partial charge >= 0.3 is 0 Å². The number of benzene rings is 2. The van der Waals surface area contributed by atoms with Gasteiger partial charge in [-0.2, -0.15) is 4.31 Å². The van der Waals surface area contributed by atoms with Crippen LogP contribution in [0.15, 0.2) is 54.6 Å². The van der Waals surface area contributed by atoms with Crippen LogP contribution in [0.4, 0.5) is 0 Å². The van der Waals surface area contributed by atoms with Gasteiger partial charge in [-0.15, -0.1) is 0 Å². The first-order valence-corrected chi connectivity index (χ1v) is 17.1. The molecule has 3 aliphatic heterocycles. The molecule has 9 heteroatoms. The first-order chi connectivity index (χ1) is 20.1. The molecule has 0 saturated carbocycles. The molecule has 0 N–H and O–H groups in total. The molecular formula is C33H44N4O4S. The van der Waals surface area contributed by atoms with E-state index in [1.54, 1.807) is 4.90 Å². The fraction of sp³-hybridized carbons (Fsp3) is 0.545. The number of carbonyl (C=O) groups excluding carboxylic acids is 1. The van der Waals surface area contributed by atoms with Gasteiger partial charge < -0.3 is 14.2 Å². The van der Waals surface area contributed by atoms with E-state index in [0.717, 1.165) is 35.1 Å². The van der Waals surface area contributed by atoms with E-state index in [1.807, 2.05) is 42.5 Å². The number of rotatable bonds is 8. The minimum absolute atomic E-state index is 0.0219. The molecule has 0 aliphatic carbocycles. The number of ether oxygens (including phenoxy) is 1. The second kappa shape index (κ2) is 11.7. The van der Waals surface area contributed by atoms with Crippen LogP contribution in [-0.2, 0) is 15.8 Å². The van der Waals surface area contributed by atoms with Crippen molar-refractivity contribution in [3.63, 3.8) is 0 Å². The number of piperazine rings is 1. The third-order valence-electron chi connectivity index (χ3n) is 9.30. The van der Waals surface area contributed by atoms with Crippen molar-refractivity contribution >= 4 is 26.8 Å². The zero-order chi connectivity index (χ0) is 29.6. The van der Waals surface area contributed by atoms with Crippen molar-refractivity contribution in [2.75, 3.05) is 26.2 Å². The van der Waals surface area contributed by atoms with Crippen LogP contribution in [0.2, 0.25) is 0 Å². The van der Waals surface area contributed by atoms with Crippen molar-refractivity contribution in [1.82, 2.24) is 18.7 Å². The maximum atomic E-state index is 13.8. The monoisotopic (exact) mass is 592 g/mol. The van der Waals surface area contributed by atoms with Crippen molar-refractivity contribution < 1.29 is 17.9 Å². The minimum atomic E-state index is -3.45. The first kappa shape index (κ1) is 29.2. The number of piperidine rings is 1. The lowest BCUT2D eigenvalue weighted by Gasteiger charge is -2.41. The molecule has 226 valence electrons. The van der Waals surface area contributed by atoms with Gasteiger partial charge in [0.25, 0.3) is 5.91 Å². The number of nitrogens with zero attached hydrogens (tertiary/aromatic N) is 4. The van der Waals surface area contributed by atoms with Crippen LogP contribution in [0.3, 0.4) is 0 Å². The van der Waals surface area contributed by atoms with Gasteiger partial charge in [-0.3, -0.25) is 9.69 Å². The molecule has 2 bridgehead atoms. The summed E-state index contributed by atoms with van der Waals surface area (Å²) in [6.07, 6.45) is 4.88. The summed E-state index contributed by atoms with van der Waals surface area (Å²) < 4.78 is 36.2. The highest BCUT2D eigenvalue weighted by molar-refractivity contribution is 7.88. The quantitative estimate of drug-likeness (QED) is 0.355. The summed E-state index contributed by atoms with van der Waals surface area (Å²) in [7, 11) is -3.45. The van der Waals surface area contributed by atoms with Gasteiger partial charge in [0.15, 0.2) is 0 Å². The molecule has 2 unspecified atom stereocenters. The van der Waals surface area contributed by atoms with Crippen LogP contribution in [-0.4, -0.2) is 83.4 Å². The fourth-order valence-corrected chi connectivity index (χ4v) is 9.03. The zero-order valence-electron chi connectivity index (χ0n) is 25.3. The average molecular weight is 593 g/mol. The summed E-state index contributed by atoms with van der Waals surface area (Å²) in [5.41, 5.74) is 2.43. The molecule has 2 atom stereocenters. The number of amides is 1. The Morgan fingerprint density at radius 3 is 2.17 bits per heavy atom. The van der Waals surface area contributed by atoms with Crippen LogP contribution in [0.25, 0.3) is 10.9 Å². The van der Waals surface area contributed by atoms with E-state index < -0.39 is 10.0 Å². The van der Waals surface area contributed by atoms with Crippen molar-refractivity contribution in [1.29, 1.82) is 0 Å². The van der Waals surface area contributed by atoms with Gasteiger partial charge in [0.2, 0.25) is 10.0 Å². The van der Waals surface area contributed by atoms with Gasteiger partial charge in [-0.1, -0.05) is 30.3 Å². The van der Waals surface area contributed by atoms with Crippen LogP contribution in [0.5, 0.6) is 5.75 Å². The Hall–Kier alpha value is -2.88. The minimum Gasteiger partial charge on any atom is -0.490 e. The van der Waals surface area contributed by atoms with E-state index in [0.29, 0.717) is 50.0 Å². The zero-order valence-corrected chi connectivity index (χ0v) is 26.1. The van der Waals surface area contributed by atoms with Gasteiger partial charge in [-0.05, 0) is 83.2 Å². The van der Waals surface area contributed by atoms with Gasteiger partial charge in [0, 0.05) is 61.2 Å². The highest BCUT2D eigenvalue weighted by Crippen LogP contribution is 2.39. The van der Waals surface area contributed by atoms with Gasteiger partial charge in [-0.25, -0.2) is 8.42 Å².